The Kier molecular flexibility index (Phi) is 7.62. The SMILES string of the molecule is COc1ccccc1NC(=O)CCN1C(=S)NC(c2ccccn2)C1c1ccc(-c2cc(Cl)ccc2C)o1. The third-order valence-corrected chi connectivity index (χ3v) is 7.13. The number of aromatic nitrogens is 1. The second-order valence-electron chi connectivity index (χ2n) is 8.98. The van der Waals surface area contributed by atoms with Crippen molar-refractivity contribution in [1.82, 2.24) is 15.2 Å². The summed E-state index contributed by atoms with van der Waals surface area (Å²) < 4.78 is 11.8. The first-order valence-corrected chi connectivity index (χ1v) is 13.0. The molecule has 3 heterocycles. The van der Waals surface area contributed by atoms with Gasteiger partial charge in [0.05, 0.1) is 24.5 Å². The van der Waals surface area contributed by atoms with E-state index in [9.17, 15) is 4.79 Å². The molecule has 1 fully saturated rings. The Hall–Kier alpha value is -3.88. The van der Waals surface area contributed by atoms with E-state index in [4.69, 9.17) is 33.0 Å². The lowest BCUT2D eigenvalue weighted by atomic mass is 10.0. The maximum Gasteiger partial charge on any atom is 0.226 e. The zero-order valence-electron chi connectivity index (χ0n) is 21.0. The Bertz CT molecular complexity index is 1460. The topological polar surface area (TPSA) is 79.6 Å². The standard InChI is InChI=1S/C29H27ClN4O3S/c1-18-10-11-19(30)17-20(18)23-12-13-25(37-23)28-27(22-8-5-6-15-31-22)33-29(38)34(28)16-14-26(35)32-21-7-3-4-9-24(21)36-2/h3-13,15,17,27-28H,14,16H2,1-2H3,(H,32,35)(H,33,38). The Morgan fingerprint density at radius 3 is 2.76 bits per heavy atom. The van der Waals surface area contributed by atoms with Crippen LogP contribution in [0.25, 0.3) is 11.3 Å². The molecule has 0 spiro atoms. The molecule has 0 radical (unpaired) electrons. The predicted molar refractivity (Wildman–Crippen MR) is 152 cm³/mol. The highest BCUT2D eigenvalue weighted by Crippen LogP contribution is 2.41. The lowest BCUT2D eigenvalue weighted by Gasteiger charge is -2.26. The fourth-order valence-corrected chi connectivity index (χ4v) is 5.16. The normalized spacial score (nSPS) is 16.8. The van der Waals surface area contributed by atoms with Crippen molar-refractivity contribution in [1.29, 1.82) is 0 Å². The zero-order chi connectivity index (χ0) is 26.6. The van der Waals surface area contributed by atoms with Crippen LogP contribution < -0.4 is 15.4 Å². The van der Waals surface area contributed by atoms with E-state index in [1.165, 1.54) is 0 Å². The summed E-state index contributed by atoms with van der Waals surface area (Å²) in [6.45, 7) is 2.40. The van der Waals surface area contributed by atoms with E-state index in [1.54, 1.807) is 25.4 Å². The average molecular weight is 547 g/mol. The first-order valence-electron chi connectivity index (χ1n) is 12.2. The highest BCUT2D eigenvalue weighted by atomic mass is 35.5. The molecule has 9 heteroatoms. The molecule has 1 aliphatic heterocycles. The number of para-hydroxylation sites is 2. The maximum absolute atomic E-state index is 12.9. The number of nitrogens with zero attached hydrogens (tertiary/aromatic N) is 2. The van der Waals surface area contributed by atoms with Gasteiger partial charge in [-0.3, -0.25) is 9.78 Å². The van der Waals surface area contributed by atoms with Crippen molar-refractivity contribution >= 4 is 40.5 Å². The van der Waals surface area contributed by atoms with Gasteiger partial charge in [0.1, 0.15) is 23.3 Å². The Balaban J connectivity index is 1.41. The molecule has 0 aliphatic carbocycles. The molecule has 2 N–H and O–H groups in total. The van der Waals surface area contributed by atoms with Gasteiger partial charge in [-0.05, 0) is 73.2 Å². The lowest BCUT2D eigenvalue weighted by molar-refractivity contribution is -0.116. The number of nitrogens with one attached hydrogen (secondary N) is 2. The van der Waals surface area contributed by atoms with Crippen molar-refractivity contribution in [2.75, 3.05) is 19.0 Å². The van der Waals surface area contributed by atoms with Crippen LogP contribution in [-0.2, 0) is 4.79 Å². The van der Waals surface area contributed by atoms with E-state index in [2.05, 4.69) is 15.6 Å². The molecule has 2 aromatic heterocycles. The van der Waals surface area contributed by atoms with Gasteiger partial charge in [0.15, 0.2) is 5.11 Å². The number of methoxy groups -OCH3 is 1. The van der Waals surface area contributed by atoms with E-state index in [0.717, 1.165) is 16.8 Å². The number of rotatable bonds is 8. The maximum atomic E-state index is 12.9. The highest BCUT2D eigenvalue weighted by molar-refractivity contribution is 7.80. The van der Waals surface area contributed by atoms with E-state index in [1.807, 2.05) is 72.5 Å². The summed E-state index contributed by atoms with van der Waals surface area (Å²) in [4.78, 5) is 19.4. The van der Waals surface area contributed by atoms with Crippen LogP contribution in [0, 0.1) is 6.92 Å². The quantitative estimate of drug-likeness (QED) is 0.251. The molecule has 1 saturated heterocycles. The average Bonchev–Trinajstić information content (AvgIpc) is 3.54. The van der Waals surface area contributed by atoms with Crippen molar-refractivity contribution in [3.05, 3.63) is 101 Å². The number of amides is 1. The molecule has 5 rings (SSSR count). The summed E-state index contributed by atoms with van der Waals surface area (Å²) in [5, 5.41) is 7.50. The molecule has 194 valence electrons. The molecule has 7 nitrogen and oxygen atoms in total. The van der Waals surface area contributed by atoms with Gasteiger partial charge in [-0.15, -0.1) is 0 Å². The molecule has 38 heavy (non-hydrogen) atoms. The van der Waals surface area contributed by atoms with Crippen molar-refractivity contribution in [3.63, 3.8) is 0 Å². The second-order valence-corrected chi connectivity index (χ2v) is 9.80. The van der Waals surface area contributed by atoms with Gasteiger partial charge in [-0.1, -0.05) is 35.9 Å². The highest BCUT2D eigenvalue weighted by Gasteiger charge is 2.41. The van der Waals surface area contributed by atoms with Gasteiger partial charge in [0.25, 0.3) is 0 Å². The van der Waals surface area contributed by atoms with Crippen molar-refractivity contribution in [2.24, 2.45) is 0 Å². The van der Waals surface area contributed by atoms with Crippen molar-refractivity contribution < 1.29 is 13.9 Å². The number of carbonyl (C=O) groups excluding carboxylic acids is 1. The Morgan fingerprint density at radius 2 is 1.97 bits per heavy atom. The van der Waals surface area contributed by atoms with Crippen LogP contribution in [0.15, 0.2) is 83.4 Å². The fourth-order valence-electron chi connectivity index (χ4n) is 4.65. The minimum atomic E-state index is -0.301. The molecule has 0 saturated carbocycles. The van der Waals surface area contributed by atoms with Gasteiger partial charge in [-0.2, -0.15) is 0 Å². The number of carbonyl (C=O) groups is 1. The molecule has 4 aromatic rings. The van der Waals surface area contributed by atoms with Gasteiger partial charge < -0.3 is 24.7 Å². The van der Waals surface area contributed by atoms with E-state index >= 15 is 0 Å². The largest absolute Gasteiger partial charge is 0.495 e. The third-order valence-electron chi connectivity index (χ3n) is 6.54. The summed E-state index contributed by atoms with van der Waals surface area (Å²) in [6, 6.07) is 22.1. The van der Waals surface area contributed by atoms with Crippen LogP contribution in [0.1, 0.15) is 35.5 Å². The van der Waals surface area contributed by atoms with Gasteiger partial charge >= 0.3 is 0 Å². The van der Waals surface area contributed by atoms with Crippen molar-refractivity contribution in [2.45, 2.75) is 25.4 Å². The van der Waals surface area contributed by atoms with E-state index < -0.39 is 0 Å². The number of hydrogen-bond acceptors (Lipinski definition) is 5. The van der Waals surface area contributed by atoms with Gasteiger partial charge in [-0.25, -0.2) is 0 Å². The summed E-state index contributed by atoms with van der Waals surface area (Å²) in [5.74, 6) is 1.89. The number of aryl methyl sites for hydroxylation is 1. The number of furan rings is 1. The minimum Gasteiger partial charge on any atom is -0.495 e. The van der Waals surface area contributed by atoms with Crippen LogP contribution in [0.5, 0.6) is 5.75 Å². The van der Waals surface area contributed by atoms with Gasteiger partial charge in [0, 0.05) is 29.7 Å². The third kappa shape index (κ3) is 5.37. The lowest BCUT2D eigenvalue weighted by Crippen LogP contribution is -2.32. The first-order chi connectivity index (χ1) is 18.4. The molecule has 2 unspecified atom stereocenters. The number of ether oxygens (including phenoxy) is 1. The van der Waals surface area contributed by atoms with E-state index in [-0.39, 0.29) is 24.4 Å². The zero-order valence-corrected chi connectivity index (χ0v) is 22.6. The fraction of sp³-hybridized carbons (Fsp3) is 0.207. The van der Waals surface area contributed by atoms with Crippen LogP contribution in [0.2, 0.25) is 5.02 Å². The molecule has 1 aliphatic rings. The molecule has 2 atom stereocenters. The Labute approximate surface area is 231 Å². The molecular weight excluding hydrogens is 520 g/mol. The van der Waals surface area contributed by atoms with Gasteiger partial charge in [0.2, 0.25) is 5.91 Å². The summed E-state index contributed by atoms with van der Waals surface area (Å²) in [5.41, 5.74) is 3.44. The monoisotopic (exact) mass is 546 g/mol. The smallest absolute Gasteiger partial charge is 0.226 e. The number of anilines is 1. The van der Waals surface area contributed by atoms with Crippen LogP contribution in [0.3, 0.4) is 0 Å². The number of pyridine rings is 1. The summed E-state index contributed by atoms with van der Waals surface area (Å²) >= 11 is 12.0. The number of halogens is 1. The molecule has 2 aromatic carbocycles. The number of benzene rings is 2. The number of thiocarbonyl (C=S) groups is 1. The van der Waals surface area contributed by atoms with Crippen LogP contribution in [0.4, 0.5) is 5.69 Å². The number of hydrogen-bond donors (Lipinski definition) is 2. The van der Waals surface area contributed by atoms with Crippen LogP contribution >= 0.6 is 23.8 Å². The molecule has 0 bridgehead atoms. The van der Waals surface area contributed by atoms with Crippen molar-refractivity contribution in [3.8, 4) is 17.1 Å². The Morgan fingerprint density at radius 1 is 1.16 bits per heavy atom. The molecular formula is C29H27ClN4O3S. The summed E-state index contributed by atoms with van der Waals surface area (Å²) in [7, 11) is 1.57. The summed E-state index contributed by atoms with van der Waals surface area (Å²) in [6.07, 6.45) is 1.97. The van der Waals surface area contributed by atoms with Crippen LogP contribution in [-0.4, -0.2) is 34.6 Å². The molecule has 1 amide bonds. The minimum absolute atomic E-state index is 0.146. The first kappa shape index (κ1) is 25.8. The van der Waals surface area contributed by atoms with E-state index in [0.29, 0.717) is 39.6 Å². The predicted octanol–water partition coefficient (Wildman–Crippen LogP) is 6.31. The second kappa shape index (κ2) is 11.2.